The largest absolute Gasteiger partial charge is 0.336 e. The quantitative estimate of drug-likeness (QED) is 0.424. The summed E-state index contributed by atoms with van der Waals surface area (Å²) in [4.78, 5) is 28.6. The van der Waals surface area contributed by atoms with Crippen molar-refractivity contribution in [3.05, 3.63) is 87.1 Å². The molecule has 172 valence electrons. The van der Waals surface area contributed by atoms with Gasteiger partial charge in [-0.3, -0.25) is 9.59 Å². The number of anilines is 1. The van der Waals surface area contributed by atoms with Crippen molar-refractivity contribution in [1.82, 2.24) is 10.2 Å². The summed E-state index contributed by atoms with van der Waals surface area (Å²) >= 11 is 7.15. The summed E-state index contributed by atoms with van der Waals surface area (Å²) < 4.78 is 0.528. The van der Waals surface area contributed by atoms with Crippen molar-refractivity contribution in [1.29, 1.82) is 0 Å². The topological polar surface area (TPSA) is 61.4 Å². The zero-order valence-electron chi connectivity index (χ0n) is 18.8. The first-order valence-corrected chi connectivity index (χ1v) is 12.2. The summed E-state index contributed by atoms with van der Waals surface area (Å²) in [6, 6.07) is 19.9. The van der Waals surface area contributed by atoms with Gasteiger partial charge in [-0.1, -0.05) is 54.1 Å². The summed E-state index contributed by atoms with van der Waals surface area (Å²) in [7, 11) is 4.20. The van der Waals surface area contributed by atoms with Crippen LogP contribution in [0.1, 0.15) is 46.1 Å². The van der Waals surface area contributed by atoms with Gasteiger partial charge in [-0.2, -0.15) is 0 Å². The second kappa shape index (κ2) is 10.1. The Hall–Kier alpha value is -2.67. The summed E-state index contributed by atoms with van der Waals surface area (Å²) in [5.74, 6) is -0.624. The molecule has 1 aromatic heterocycles. The van der Waals surface area contributed by atoms with Crippen molar-refractivity contribution < 1.29 is 9.59 Å². The Balaban J connectivity index is 1.47. The maximum atomic E-state index is 13.2. The molecule has 0 radical (unpaired) electrons. The Morgan fingerprint density at radius 2 is 1.73 bits per heavy atom. The Labute approximate surface area is 203 Å². The molecule has 1 aliphatic carbocycles. The SMILES string of the molecule is CN(C)CCC1(c2ccc(NC(=O)C(NC(=O)c3ccc(Cl)s3)c3ccccc3)cc2)CC1. The second-order valence-corrected chi connectivity index (χ2v) is 10.5. The average Bonchev–Trinajstić information content (AvgIpc) is 3.49. The van der Waals surface area contributed by atoms with Gasteiger partial charge in [-0.15, -0.1) is 11.3 Å². The minimum absolute atomic E-state index is 0.273. The fourth-order valence-corrected chi connectivity index (χ4v) is 4.92. The minimum atomic E-state index is -0.825. The molecule has 4 rings (SSSR count). The Morgan fingerprint density at radius 3 is 2.30 bits per heavy atom. The zero-order valence-corrected chi connectivity index (χ0v) is 20.4. The standard InChI is InChI=1S/C26H28ClN3O2S/c1-30(2)17-16-26(14-15-26)19-8-10-20(11-9-19)28-25(32)23(18-6-4-3-5-7-18)29-24(31)21-12-13-22(27)33-21/h3-13,23H,14-17H2,1-2H3,(H,28,32)(H,29,31). The minimum Gasteiger partial charge on any atom is -0.336 e. The Morgan fingerprint density at radius 1 is 1.03 bits per heavy atom. The number of halogens is 1. The van der Waals surface area contributed by atoms with E-state index in [0.717, 1.165) is 13.0 Å². The van der Waals surface area contributed by atoms with Gasteiger partial charge in [0.1, 0.15) is 6.04 Å². The molecule has 33 heavy (non-hydrogen) atoms. The summed E-state index contributed by atoms with van der Waals surface area (Å²) in [5, 5.41) is 5.82. The van der Waals surface area contributed by atoms with E-state index < -0.39 is 6.04 Å². The third-order valence-corrected chi connectivity index (χ3v) is 7.35. The van der Waals surface area contributed by atoms with E-state index in [1.165, 1.54) is 29.7 Å². The van der Waals surface area contributed by atoms with Gasteiger partial charge in [0.15, 0.2) is 0 Å². The molecule has 0 saturated heterocycles. The predicted octanol–water partition coefficient (Wildman–Crippen LogP) is 5.49. The number of nitrogens with zero attached hydrogens (tertiary/aromatic N) is 1. The van der Waals surface area contributed by atoms with Crippen molar-refractivity contribution in [3.8, 4) is 0 Å². The second-order valence-electron chi connectivity index (χ2n) is 8.82. The normalized spacial score (nSPS) is 15.2. The van der Waals surface area contributed by atoms with Crippen molar-refractivity contribution in [2.75, 3.05) is 26.0 Å². The van der Waals surface area contributed by atoms with Gasteiger partial charge < -0.3 is 15.5 Å². The van der Waals surface area contributed by atoms with E-state index >= 15 is 0 Å². The maximum Gasteiger partial charge on any atom is 0.262 e. The highest BCUT2D eigenvalue weighted by molar-refractivity contribution is 7.18. The molecule has 0 bridgehead atoms. The molecule has 0 aliphatic heterocycles. The molecule has 1 aliphatic rings. The van der Waals surface area contributed by atoms with Crippen LogP contribution in [0, 0.1) is 0 Å². The maximum absolute atomic E-state index is 13.2. The van der Waals surface area contributed by atoms with Gasteiger partial charge in [-0.25, -0.2) is 0 Å². The molecule has 7 heteroatoms. The molecule has 1 heterocycles. The van der Waals surface area contributed by atoms with Crippen molar-refractivity contribution in [2.24, 2.45) is 0 Å². The van der Waals surface area contributed by atoms with Crippen molar-refractivity contribution in [3.63, 3.8) is 0 Å². The number of carbonyl (C=O) groups excluding carboxylic acids is 2. The summed E-state index contributed by atoms with van der Waals surface area (Å²) in [6.45, 7) is 1.06. The first-order chi connectivity index (χ1) is 15.9. The van der Waals surface area contributed by atoms with Gasteiger partial charge in [-0.05, 0) is 80.7 Å². The lowest BCUT2D eigenvalue weighted by Crippen LogP contribution is -2.36. The van der Waals surface area contributed by atoms with Gasteiger partial charge >= 0.3 is 0 Å². The molecule has 5 nitrogen and oxygen atoms in total. The molecule has 1 saturated carbocycles. The average molecular weight is 482 g/mol. The molecule has 2 N–H and O–H groups in total. The fourth-order valence-electron chi connectivity index (χ4n) is 3.98. The van der Waals surface area contributed by atoms with Gasteiger partial charge in [0.05, 0.1) is 9.21 Å². The van der Waals surface area contributed by atoms with E-state index in [0.29, 0.717) is 20.5 Å². The van der Waals surface area contributed by atoms with Gasteiger partial charge in [0, 0.05) is 5.69 Å². The first-order valence-electron chi connectivity index (χ1n) is 11.0. The van der Waals surface area contributed by atoms with E-state index in [1.807, 2.05) is 42.5 Å². The lowest BCUT2D eigenvalue weighted by atomic mass is 9.92. The van der Waals surface area contributed by atoms with Crippen LogP contribution in [0.2, 0.25) is 4.34 Å². The van der Waals surface area contributed by atoms with Crippen LogP contribution in [-0.4, -0.2) is 37.4 Å². The van der Waals surface area contributed by atoms with E-state index in [1.54, 1.807) is 12.1 Å². The molecule has 1 unspecified atom stereocenters. The molecule has 0 spiro atoms. The summed E-state index contributed by atoms with van der Waals surface area (Å²) in [5.41, 5.74) is 3.02. The van der Waals surface area contributed by atoms with E-state index in [4.69, 9.17) is 11.6 Å². The van der Waals surface area contributed by atoms with Crippen LogP contribution in [0.3, 0.4) is 0 Å². The highest BCUT2D eigenvalue weighted by Gasteiger charge is 2.43. The van der Waals surface area contributed by atoms with Crippen LogP contribution >= 0.6 is 22.9 Å². The molecule has 2 amide bonds. The number of carbonyl (C=O) groups is 2. The molecular weight excluding hydrogens is 454 g/mol. The van der Waals surface area contributed by atoms with Crippen LogP contribution in [-0.2, 0) is 10.2 Å². The number of hydrogen-bond acceptors (Lipinski definition) is 4. The molecule has 1 fully saturated rings. The number of benzene rings is 2. The summed E-state index contributed by atoms with van der Waals surface area (Å²) in [6.07, 6.45) is 3.56. The van der Waals surface area contributed by atoms with Crippen molar-refractivity contribution in [2.45, 2.75) is 30.7 Å². The Bertz CT molecular complexity index is 1110. The van der Waals surface area contributed by atoms with Crippen LogP contribution in [0.25, 0.3) is 0 Å². The van der Waals surface area contributed by atoms with Crippen LogP contribution in [0.4, 0.5) is 5.69 Å². The fraction of sp³-hybridized carbons (Fsp3) is 0.308. The highest BCUT2D eigenvalue weighted by atomic mass is 35.5. The third kappa shape index (κ3) is 5.82. The van der Waals surface area contributed by atoms with E-state index in [2.05, 4.69) is 41.8 Å². The van der Waals surface area contributed by atoms with Crippen LogP contribution < -0.4 is 10.6 Å². The lowest BCUT2D eigenvalue weighted by Gasteiger charge is -2.20. The lowest BCUT2D eigenvalue weighted by molar-refractivity contribution is -0.118. The predicted molar refractivity (Wildman–Crippen MR) is 135 cm³/mol. The Kier molecular flexibility index (Phi) is 7.17. The molecule has 3 aromatic rings. The molecule has 2 aromatic carbocycles. The van der Waals surface area contributed by atoms with Crippen molar-refractivity contribution >= 4 is 40.4 Å². The monoisotopic (exact) mass is 481 g/mol. The number of nitrogens with one attached hydrogen (secondary N) is 2. The van der Waals surface area contributed by atoms with Crippen LogP contribution in [0.5, 0.6) is 0 Å². The molecular formula is C26H28ClN3O2S. The first kappa shape index (κ1) is 23.5. The van der Waals surface area contributed by atoms with Gasteiger partial charge in [0.25, 0.3) is 11.8 Å². The van der Waals surface area contributed by atoms with Crippen LogP contribution in [0.15, 0.2) is 66.7 Å². The highest BCUT2D eigenvalue weighted by Crippen LogP contribution is 2.51. The van der Waals surface area contributed by atoms with E-state index in [9.17, 15) is 9.59 Å². The molecule has 1 atom stereocenters. The zero-order chi connectivity index (χ0) is 23.4. The third-order valence-electron chi connectivity index (χ3n) is 6.12. The smallest absolute Gasteiger partial charge is 0.262 e. The number of amides is 2. The number of hydrogen-bond donors (Lipinski definition) is 2. The van der Waals surface area contributed by atoms with E-state index in [-0.39, 0.29) is 17.2 Å². The van der Waals surface area contributed by atoms with Gasteiger partial charge in [0.2, 0.25) is 0 Å². The number of rotatable bonds is 9. The number of thiophene rings is 1.